The number of anilines is 2. The van der Waals surface area contributed by atoms with Crippen LogP contribution in [0, 0.1) is 11.5 Å². The first kappa shape index (κ1) is 26.5. The van der Waals surface area contributed by atoms with Crippen molar-refractivity contribution < 1.29 is 22.8 Å². The number of para-hydroxylation sites is 2. The third kappa shape index (κ3) is 4.75. The molecule has 0 aliphatic carbocycles. The molecule has 5 rings (SSSR count). The molecule has 0 fully saturated rings. The van der Waals surface area contributed by atoms with Gasteiger partial charge in [-0.1, -0.05) is 42.5 Å². The van der Waals surface area contributed by atoms with Gasteiger partial charge in [0.05, 0.1) is 23.1 Å². The summed E-state index contributed by atoms with van der Waals surface area (Å²) >= 11 is 0. The molecule has 0 saturated carbocycles. The highest BCUT2D eigenvalue weighted by Gasteiger charge is 2.45. The highest BCUT2D eigenvalue weighted by molar-refractivity contribution is 6.05. The zero-order valence-corrected chi connectivity index (χ0v) is 21.2. The van der Waals surface area contributed by atoms with Crippen LogP contribution in [0.15, 0.2) is 85.1 Å². The molecule has 0 unspecified atom stereocenters. The van der Waals surface area contributed by atoms with E-state index in [1.54, 1.807) is 42.1 Å². The lowest BCUT2D eigenvalue weighted by molar-refractivity contribution is -0.137. The smallest absolute Gasteiger partial charge is 0.339 e. The van der Waals surface area contributed by atoms with E-state index in [1.807, 2.05) is 36.5 Å². The highest BCUT2D eigenvalue weighted by Crippen LogP contribution is 2.43. The first-order valence-corrected chi connectivity index (χ1v) is 12.4. The second kappa shape index (κ2) is 10.6. The quantitative estimate of drug-likeness (QED) is 0.260. The van der Waals surface area contributed by atoms with Gasteiger partial charge in [0.25, 0.3) is 11.8 Å². The van der Waals surface area contributed by atoms with E-state index in [0.29, 0.717) is 28.3 Å². The third-order valence-corrected chi connectivity index (χ3v) is 6.77. The van der Waals surface area contributed by atoms with Crippen molar-refractivity contribution in [3.8, 4) is 11.9 Å². The van der Waals surface area contributed by atoms with E-state index in [9.17, 15) is 28.0 Å². The van der Waals surface area contributed by atoms with E-state index in [1.165, 1.54) is 11.0 Å². The Morgan fingerprint density at radius 3 is 2.45 bits per heavy atom. The van der Waals surface area contributed by atoms with Gasteiger partial charge in [0.2, 0.25) is 0 Å². The summed E-state index contributed by atoms with van der Waals surface area (Å²) in [5.41, 5.74) is 1.06. The molecule has 1 aliphatic rings. The number of rotatable bonds is 6. The van der Waals surface area contributed by atoms with Gasteiger partial charge in [0, 0.05) is 23.6 Å². The molecule has 2 amide bonds. The summed E-state index contributed by atoms with van der Waals surface area (Å²) in [5, 5.41) is 19.2. The van der Waals surface area contributed by atoms with Gasteiger partial charge in [-0.2, -0.15) is 23.5 Å². The summed E-state index contributed by atoms with van der Waals surface area (Å²) in [7, 11) is 0. The summed E-state index contributed by atoms with van der Waals surface area (Å²) in [6.45, 7) is 2.02. The van der Waals surface area contributed by atoms with Gasteiger partial charge in [-0.15, -0.1) is 0 Å². The van der Waals surface area contributed by atoms with Crippen LogP contribution >= 0.6 is 0 Å². The number of carbonyl (C=O) groups excluding carboxylic acids is 2. The maximum Gasteiger partial charge on any atom is 0.416 e. The van der Waals surface area contributed by atoms with Gasteiger partial charge in [-0.25, -0.2) is 4.68 Å². The van der Waals surface area contributed by atoms with Gasteiger partial charge in [-0.3, -0.25) is 19.8 Å². The van der Waals surface area contributed by atoms with Crippen LogP contribution in [0.5, 0.6) is 0 Å². The number of hydrogen-bond acceptors (Lipinski definition) is 5. The second-order valence-electron chi connectivity index (χ2n) is 9.08. The standard InChI is InChI=1S/C29H23F3N6O2/c1-2-37-27-22(16-35-38(27)20-11-4-3-5-12-20)24(21-13-6-7-14-23(21)34-17-33)25(28(37)40)36-26(39)18-9-8-10-19(15-18)29(30,31)32/h3-16,24-25,34H,2H2,1H3,(H,36,39)/t24-,25+/m0/s1. The number of nitrogens with zero attached hydrogens (tertiary/aromatic N) is 4. The minimum Gasteiger partial charge on any atom is -0.339 e. The normalized spacial score (nSPS) is 16.7. The Labute approximate surface area is 227 Å². The fraction of sp³-hybridized carbons (Fsp3) is 0.172. The zero-order valence-electron chi connectivity index (χ0n) is 21.2. The first-order chi connectivity index (χ1) is 19.2. The zero-order chi connectivity index (χ0) is 28.4. The maximum absolute atomic E-state index is 14.1. The molecule has 2 atom stereocenters. The van der Waals surface area contributed by atoms with Crippen molar-refractivity contribution in [2.45, 2.75) is 25.1 Å². The molecule has 40 heavy (non-hydrogen) atoms. The van der Waals surface area contributed by atoms with E-state index in [0.717, 1.165) is 18.2 Å². The topological polar surface area (TPSA) is 103 Å². The molecule has 0 spiro atoms. The molecule has 1 aliphatic heterocycles. The molecule has 0 bridgehead atoms. The number of carbonyl (C=O) groups is 2. The number of likely N-dealkylation sites (N-methyl/N-ethyl adjacent to an activating group) is 1. The number of amides is 2. The summed E-state index contributed by atoms with van der Waals surface area (Å²) in [6.07, 6.45) is -1.14. The fourth-order valence-corrected chi connectivity index (χ4v) is 5.00. The average molecular weight is 545 g/mol. The first-order valence-electron chi connectivity index (χ1n) is 12.4. The number of fused-ring (bicyclic) bond motifs is 1. The second-order valence-corrected chi connectivity index (χ2v) is 9.08. The molecular formula is C29H23F3N6O2. The third-order valence-electron chi connectivity index (χ3n) is 6.77. The Bertz CT molecular complexity index is 1610. The van der Waals surface area contributed by atoms with Crippen LogP contribution in [0.2, 0.25) is 0 Å². The SMILES string of the molecule is CCN1C(=O)[C@H](NC(=O)c2cccc(C(F)(F)F)c2)[C@@H](c2ccccc2NC#N)c2cnn(-c3ccccc3)c21. The monoisotopic (exact) mass is 544 g/mol. The number of hydrogen-bond donors (Lipinski definition) is 2. The summed E-state index contributed by atoms with van der Waals surface area (Å²) in [5.74, 6) is -1.62. The molecule has 2 N–H and O–H groups in total. The molecule has 8 nitrogen and oxygen atoms in total. The lowest BCUT2D eigenvalue weighted by Gasteiger charge is -2.38. The molecule has 3 aromatic carbocycles. The summed E-state index contributed by atoms with van der Waals surface area (Å²) in [6, 6.07) is 18.9. The van der Waals surface area contributed by atoms with Crippen molar-refractivity contribution in [1.29, 1.82) is 5.26 Å². The Kier molecular flexibility index (Phi) is 7.00. The predicted molar refractivity (Wildman–Crippen MR) is 142 cm³/mol. The van der Waals surface area contributed by atoms with Crippen molar-refractivity contribution in [1.82, 2.24) is 15.1 Å². The van der Waals surface area contributed by atoms with Crippen molar-refractivity contribution in [3.05, 3.63) is 107 Å². The van der Waals surface area contributed by atoms with Gasteiger partial charge in [-0.05, 0) is 48.9 Å². The van der Waals surface area contributed by atoms with Crippen LogP contribution in [-0.2, 0) is 11.0 Å². The number of halogens is 3. The number of nitrogens with one attached hydrogen (secondary N) is 2. The number of benzene rings is 3. The van der Waals surface area contributed by atoms with Crippen molar-refractivity contribution in [2.24, 2.45) is 0 Å². The van der Waals surface area contributed by atoms with Gasteiger partial charge >= 0.3 is 6.18 Å². The van der Waals surface area contributed by atoms with Gasteiger partial charge in [0.1, 0.15) is 11.9 Å². The predicted octanol–water partition coefficient (Wildman–Crippen LogP) is 5.08. The Hall–Kier alpha value is -5.11. The van der Waals surface area contributed by atoms with E-state index in [4.69, 9.17) is 0 Å². The van der Waals surface area contributed by atoms with E-state index >= 15 is 0 Å². The van der Waals surface area contributed by atoms with Crippen LogP contribution in [-0.4, -0.2) is 34.2 Å². The average Bonchev–Trinajstić information content (AvgIpc) is 3.39. The van der Waals surface area contributed by atoms with Crippen molar-refractivity contribution in [3.63, 3.8) is 0 Å². The minimum atomic E-state index is -4.64. The van der Waals surface area contributed by atoms with Gasteiger partial charge in [0.15, 0.2) is 6.19 Å². The molecule has 0 radical (unpaired) electrons. The van der Waals surface area contributed by atoms with Crippen molar-refractivity contribution >= 4 is 23.3 Å². The highest BCUT2D eigenvalue weighted by atomic mass is 19.4. The largest absolute Gasteiger partial charge is 0.416 e. The van der Waals surface area contributed by atoms with Crippen LogP contribution in [0.25, 0.3) is 5.69 Å². The lowest BCUT2D eigenvalue weighted by Crippen LogP contribution is -2.55. The van der Waals surface area contributed by atoms with E-state index < -0.39 is 35.5 Å². The molecule has 202 valence electrons. The van der Waals surface area contributed by atoms with Gasteiger partial charge < -0.3 is 5.32 Å². The van der Waals surface area contributed by atoms with Crippen LogP contribution < -0.4 is 15.5 Å². The number of nitriles is 1. The van der Waals surface area contributed by atoms with Crippen LogP contribution in [0.4, 0.5) is 24.7 Å². The molecule has 4 aromatic rings. The maximum atomic E-state index is 14.1. The Morgan fingerprint density at radius 1 is 1.02 bits per heavy atom. The van der Waals surface area contributed by atoms with Crippen molar-refractivity contribution in [2.75, 3.05) is 16.8 Å². The lowest BCUT2D eigenvalue weighted by atomic mass is 9.81. The molecule has 2 heterocycles. The van der Waals surface area contributed by atoms with E-state index in [2.05, 4.69) is 15.7 Å². The van der Waals surface area contributed by atoms with Crippen LogP contribution in [0.1, 0.15) is 39.9 Å². The Morgan fingerprint density at radius 2 is 1.75 bits per heavy atom. The summed E-state index contributed by atoms with van der Waals surface area (Å²) in [4.78, 5) is 28.9. The molecule has 1 aromatic heterocycles. The summed E-state index contributed by atoms with van der Waals surface area (Å²) < 4.78 is 41.6. The molecule has 11 heteroatoms. The minimum absolute atomic E-state index is 0.237. The number of alkyl halides is 3. The van der Waals surface area contributed by atoms with Crippen LogP contribution in [0.3, 0.4) is 0 Å². The molecule has 0 saturated heterocycles. The Balaban J connectivity index is 1.65. The molecular weight excluding hydrogens is 521 g/mol. The fourth-order valence-electron chi connectivity index (χ4n) is 5.00. The number of aromatic nitrogens is 2. The van der Waals surface area contributed by atoms with E-state index in [-0.39, 0.29) is 12.1 Å².